The smallest absolute Gasteiger partial charge is 0.423 e. The van der Waals surface area contributed by atoms with E-state index in [1.54, 1.807) is 12.3 Å². The van der Waals surface area contributed by atoms with Crippen molar-refractivity contribution in [2.75, 3.05) is 0 Å². The summed E-state index contributed by atoms with van der Waals surface area (Å²) in [4.78, 5) is 14.0. The molecule has 1 aromatic carbocycles. The van der Waals surface area contributed by atoms with Crippen LogP contribution in [0.3, 0.4) is 0 Å². The molecule has 1 aromatic heterocycles. The Morgan fingerprint density at radius 3 is 2.50 bits per heavy atom. The summed E-state index contributed by atoms with van der Waals surface area (Å²) in [5.41, 5.74) is -1.63. The summed E-state index contributed by atoms with van der Waals surface area (Å²) in [6, 6.07) is 6.88. The monoisotopic (exact) mass is 458 g/mol. The van der Waals surface area contributed by atoms with Gasteiger partial charge in [0.2, 0.25) is 5.88 Å². The van der Waals surface area contributed by atoms with Gasteiger partial charge in [-0.2, -0.15) is 13.2 Å². The Kier molecular flexibility index (Phi) is 6.22. The predicted octanol–water partition coefficient (Wildman–Crippen LogP) is 5.95. The van der Waals surface area contributed by atoms with Gasteiger partial charge in [0.25, 0.3) is 5.69 Å². The first-order chi connectivity index (χ1) is 13.2. The molecule has 0 N–H and O–H groups in total. The summed E-state index contributed by atoms with van der Waals surface area (Å²) in [5, 5.41) is 10.9. The molecular weight excluding hydrogens is 441 g/mol. The van der Waals surface area contributed by atoms with Gasteiger partial charge in [-0.1, -0.05) is 22.0 Å². The lowest BCUT2D eigenvalue weighted by Gasteiger charge is -2.28. The minimum absolute atomic E-state index is 0.0284. The lowest BCUT2D eigenvalue weighted by Crippen LogP contribution is -2.25. The molecule has 28 heavy (non-hydrogen) atoms. The van der Waals surface area contributed by atoms with Crippen molar-refractivity contribution in [2.24, 2.45) is 5.92 Å². The fraction of sp³-hybridized carbons (Fsp3) is 0.421. The zero-order valence-electron chi connectivity index (χ0n) is 14.8. The van der Waals surface area contributed by atoms with Gasteiger partial charge in [0.15, 0.2) is 0 Å². The van der Waals surface area contributed by atoms with Crippen LogP contribution in [0.15, 0.2) is 41.0 Å². The molecule has 9 heteroatoms. The Morgan fingerprint density at radius 1 is 1.18 bits per heavy atom. The van der Waals surface area contributed by atoms with Gasteiger partial charge in [-0.25, -0.2) is 4.98 Å². The van der Waals surface area contributed by atoms with Crippen LogP contribution in [0.2, 0.25) is 0 Å². The van der Waals surface area contributed by atoms with E-state index in [1.807, 2.05) is 6.07 Å². The van der Waals surface area contributed by atoms with Crippen molar-refractivity contribution in [1.29, 1.82) is 0 Å². The Balaban J connectivity index is 1.61. The fourth-order valence-corrected chi connectivity index (χ4v) is 3.82. The molecule has 1 fully saturated rings. The summed E-state index contributed by atoms with van der Waals surface area (Å²) in [7, 11) is 0. The quantitative estimate of drug-likeness (QED) is 0.410. The van der Waals surface area contributed by atoms with E-state index in [0.29, 0.717) is 17.9 Å². The number of aromatic nitrogens is 1. The van der Waals surface area contributed by atoms with Crippen molar-refractivity contribution in [3.63, 3.8) is 0 Å². The Labute approximate surface area is 168 Å². The zero-order chi connectivity index (χ0) is 20.3. The van der Waals surface area contributed by atoms with Crippen LogP contribution in [0.4, 0.5) is 18.9 Å². The van der Waals surface area contributed by atoms with Crippen molar-refractivity contribution in [3.05, 3.63) is 62.2 Å². The first-order valence-electron chi connectivity index (χ1n) is 8.85. The van der Waals surface area contributed by atoms with Crippen LogP contribution in [-0.2, 0) is 12.6 Å². The largest absolute Gasteiger partial charge is 0.474 e. The first kappa shape index (κ1) is 20.6. The van der Waals surface area contributed by atoms with Crippen LogP contribution in [0.25, 0.3) is 0 Å². The fourth-order valence-electron chi connectivity index (χ4n) is 3.50. The lowest BCUT2D eigenvalue weighted by atomic mass is 9.83. The molecule has 0 spiro atoms. The van der Waals surface area contributed by atoms with Crippen molar-refractivity contribution >= 4 is 21.6 Å². The third-order valence-electron chi connectivity index (χ3n) is 4.87. The second-order valence-corrected chi connectivity index (χ2v) is 7.80. The molecule has 0 radical (unpaired) electrons. The number of benzene rings is 1. The minimum atomic E-state index is -4.75. The molecule has 0 atom stereocenters. The number of pyridine rings is 1. The van der Waals surface area contributed by atoms with E-state index in [4.69, 9.17) is 4.74 Å². The average Bonchev–Trinajstić information content (AvgIpc) is 2.62. The second-order valence-electron chi connectivity index (χ2n) is 6.88. The van der Waals surface area contributed by atoms with Crippen molar-refractivity contribution in [3.8, 4) is 5.88 Å². The number of rotatable bonds is 5. The van der Waals surface area contributed by atoms with Crippen LogP contribution in [0.5, 0.6) is 5.88 Å². The average molecular weight is 459 g/mol. The molecule has 1 aliphatic rings. The highest BCUT2D eigenvalue weighted by molar-refractivity contribution is 9.10. The topological polar surface area (TPSA) is 65.3 Å². The van der Waals surface area contributed by atoms with Crippen LogP contribution in [-0.4, -0.2) is 16.0 Å². The summed E-state index contributed by atoms with van der Waals surface area (Å²) in [5.74, 6) is 0.765. The summed E-state index contributed by atoms with van der Waals surface area (Å²) < 4.78 is 46.1. The Bertz CT molecular complexity index is 853. The summed E-state index contributed by atoms with van der Waals surface area (Å²) >= 11 is 3.37. The standard InChI is InChI=1S/C19H18BrF3N2O3/c20-14-7-8-24-18(11-14)28-15-4-1-12(2-5-15)9-13-3-6-17(25(26)27)16(10-13)19(21,22)23/h3,6-8,10-12,15H,1-2,4-5,9H2. The molecule has 1 aliphatic carbocycles. The molecule has 3 rings (SSSR count). The molecule has 0 saturated heterocycles. The number of alkyl halides is 3. The highest BCUT2D eigenvalue weighted by atomic mass is 79.9. The zero-order valence-corrected chi connectivity index (χ0v) is 16.4. The molecule has 2 aromatic rings. The Morgan fingerprint density at radius 2 is 1.89 bits per heavy atom. The molecule has 5 nitrogen and oxygen atoms in total. The predicted molar refractivity (Wildman–Crippen MR) is 100 cm³/mol. The minimum Gasteiger partial charge on any atom is -0.474 e. The van der Waals surface area contributed by atoms with Gasteiger partial charge in [-0.05, 0) is 55.7 Å². The molecule has 150 valence electrons. The van der Waals surface area contributed by atoms with E-state index in [9.17, 15) is 23.3 Å². The van der Waals surface area contributed by atoms with Crippen molar-refractivity contribution in [1.82, 2.24) is 4.98 Å². The van der Waals surface area contributed by atoms with E-state index < -0.39 is 22.4 Å². The molecule has 0 bridgehead atoms. The van der Waals surface area contributed by atoms with E-state index in [-0.39, 0.29) is 12.0 Å². The maximum Gasteiger partial charge on any atom is 0.423 e. The van der Waals surface area contributed by atoms with Gasteiger partial charge in [-0.15, -0.1) is 0 Å². The lowest BCUT2D eigenvalue weighted by molar-refractivity contribution is -0.388. The number of nitro benzene ring substituents is 1. The van der Waals surface area contributed by atoms with Crippen LogP contribution in [0, 0.1) is 16.0 Å². The Hall–Kier alpha value is -2.16. The van der Waals surface area contributed by atoms with Gasteiger partial charge in [0.05, 0.1) is 4.92 Å². The highest BCUT2D eigenvalue weighted by Gasteiger charge is 2.38. The maximum atomic E-state index is 13.1. The van der Waals surface area contributed by atoms with E-state index >= 15 is 0 Å². The van der Waals surface area contributed by atoms with E-state index in [1.165, 1.54) is 6.07 Å². The second kappa shape index (κ2) is 8.46. The summed E-state index contributed by atoms with van der Waals surface area (Å²) in [6.07, 6.45) is 0.603. The van der Waals surface area contributed by atoms with Crippen LogP contribution in [0.1, 0.15) is 36.8 Å². The van der Waals surface area contributed by atoms with Gasteiger partial charge in [-0.3, -0.25) is 10.1 Å². The molecule has 1 heterocycles. The first-order valence-corrected chi connectivity index (χ1v) is 9.64. The van der Waals surface area contributed by atoms with Gasteiger partial charge in [0.1, 0.15) is 11.7 Å². The van der Waals surface area contributed by atoms with Crippen LogP contribution >= 0.6 is 15.9 Å². The maximum absolute atomic E-state index is 13.1. The van der Waals surface area contributed by atoms with Crippen molar-refractivity contribution in [2.45, 2.75) is 44.4 Å². The number of halogens is 4. The van der Waals surface area contributed by atoms with E-state index in [0.717, 1.165) is 42.3 Å². The van der Waals surface area contributed by atoms with Gasteiger partial charge in [0, 0.05) is 22.8 Å². The molecule has 1 saturated carbocycles. The highest BCUT2D eigenvalue weighted by Crippen LogP contribution is 2.38. The molecule has 0 amide bonds. The molecule has 0 aliphatic heterocycles. The normalized spacial score (nSPS) is 20.0. The van der Waals surface area contributed by atoms with Gasteiger partial charge < -0.3 is 4.74 Å². The number of hydrogen-bond acceptors (Lipinski definition) is 4. The number of nitro groups is 1. The third kappa shape index (κ3) is 5.21. The number of ether oxygens (including phenoxy) is 1. The number of hydrogen-bond donors (Lipinski definition) is 0. The van der Waals surface area contributed by atoms with Crippen molar-refractivity contribution < 1.29 is 22.8 Å². The molecular formula is C19H18BrF3N2O3. The van der Waals surface area contributed by atoms with E-state index in [2.05, 4.69) is 20.9 Å². The number of nitrogens with zero attached hydrogens (tertiary/aromatic N) is 2. The molecule has 0 unspecified atom stereocenters. The SMILES string of the molecule is O=[N+]([O-])c1ccc(CC2CCC(Oc3cc(Br)ccn3)CC2)cc1C(F)(F)F. The van der Waals surface area contributed by atoms with Crippen LogP contribution < -0.4 is 4.74 Å². The summed E-state index contributed by atoms with van der Waals surface area (Å²) in [6.45, 7) is 0. The third-order valence-corrected chi connectivity index (χ3v) is 5.36. The van der Waals surface area contributed by atoms with Gasteiger partial charge >= 0.3 is 6.18 Å².